The van der Waals surface area contributed by atoms with Gasteiger partial charge in [0.05, 0.1) is 13.2 Å². The zero-order chi connectivity index (χ0) is 9.64. The molecule has 0 spiro atoms. The number of hydrogen-bond donors (Lipinski definition) is 0. The van der Waals surface area contributed by atoms with E-state index >= 15 is 0 Å². The van der Waals surface area contributed by atoms with Crippen LogP contribution < -0.4 is 4.74 Å². The Labute approximate surface area is 83.5 Å². The number of pyridine rings is 1. The third-order valence-corrected chi connectivity index (χ3v) is 2.14. The summed E-state index contributed by atoms with van der Waals surface area (Å²) in [6, 6.07) is 5.66. The summed E-state index contributed by atoms with van der Waals surface area (Å²) in [6.45, 7) is 4.07. The highest BCUT2D eigenvalue weighted by molar-refractivity contribution is 5.08. The van der Waals surface area contributed by atoms with Crippen LogP contribution in [0.15, 0.2) is 24.4 Å². The summed E-state index contributed by atoms with van der Waals surface area (Å²) in [5, 5.41) is 0. The first-order valence-corrected chi connectivity index (χ1v) is 4.79. The Kier molecular flexibility index (Phi) is 3.32. The largest absolute Gasteiger partial charge is 0.461 e. The van der Waals surface area contributed by atoms with Gasteiger partial charge in [-0.3, -0.25) is 4.90 Å². The number of aromatic nitrogens is 1. The van der Waals surface area contributed by atoms with E-state index in [0.29, 0.717) is 12.6 Å². The van der Waals surface area contributed by atoms with E-state index in [-0.39, 0.29) is 0 Å². The third-order valence-electron chi connectivity index (χ3n) is 2.14. The van der Waals surface area contributed by atoms with Gasteiger partial charge in [-0.15, -0.1) is 0 Å². The first-order valence-electron chi connectivity index (χ1n) is 4.79. The molecule has 0 radical (unpaired) electrons. The number of morpholine rings is 1. The van der Waals surface area contributed by atoms with Gasteiger partial charge < -0.3 is 9.47 Å². The molecule has 0 bridgehead atoms. The molecule has 1 saturated heterocycles. The lowest BCUT2D eigenvalue weighted by atomic mass is 10.5. The molecular formula is C10H14N2O2. The minimum atomic E-state index is 0.598. The Morgan fingerprint density at radius 2 is 2.21 bits per heavy atom. The second-order valence-electron chi connectivity index (χ2n) is 3.17. The van der Waals surface area contributed by atoms with Crippen molar-refractivity contribution in [1.82, 2.24) is 9.88 Å². The normalized spacial score (nSPS) is 18.0. The van der Waals surface area contributed by atoms with Gasteiger partial charge >= 0.3 is 0 Å². The topological polar surface area (TPSA) is 34.6 Å². The van der Waals surface area contributed by atoms with Crippen LogP contribution in [-0.2, 0) is 4.74 Å². The molecule has 1 fully saturated rings. The predicted octanol–water partition coefficient (Wildman–Crippen LogP) is 0.750. The maximum absolute atomic E-state index is 5.50. The Hall–Kier alpha value is -1.13. The maximum atomic E-state index is 5.50. The molecule has 14 heavy (non-hydrogen) atoms. The summed E-state index contributed by atoms with van der Waals surface area (Å²) in [5.41, 5.74) is 0. The van der Waals surface area contributed by atoms with Crippen molar-refractivity contribution in [3.63, 3.8) is 0 Å². The van der Waals surface area contributed by atoms with E-state index < -0.39 is 0 Å². The van der Waals surface area contributed by atoms with Gasteiger partial charge in [0.15, 0.2) is 0 Å². The van der Waals surface area contributed by atoms with Crippen LogP contribution >= 0.6 is 0 Å². The van der Waals surface area contributed by atoms with Gasteiger partial charge in [0.1, 0.15) is 6.73 Å². The number of ether oxygens (including phenoxy) is 2. The Bertz CT molecular complexity index is 260. The zero-order valence-corrected chi connectivity index (χ0v) is 8.06. The van der Waals surface area contributed by atoms with E-state index in [1.54, 1.807) is 6.20 Å². The van der Waals surface area contributed by atoms with Gasteiger partial charge in [-0.1, -0.05) is 6.07 Å². The molecule has 4 heteroatoms. The number of nitrogens with zero attached hydrogens (tertiary/aromatic N) is 2. The summed E-state index contributed by atoms with van der Waals surface area (Å²) in [7, 11) is 0. The second kappa shape index (κ2) is 4.93. The number of rotatable bonds is 3. The molecule has 2 heterocycles. The molecule has 0 atom stereocenters. The average Bonchev–Trinajstić information content (AvgIpc) is 2.29. The van der Waals surface area contributed by atoms with E-state index in [0.717, 1.165) is 26.3 Å². The summed E-state index contributed by atoms with van der Waals surface area (Å²) < 4.78 is 10.7. The van der Waals surface area contributed by atoms with Crippen LogP contribution in [0.2, 0.25) is 0 Å². The van der Waals surface area contributed by atoms with Crippen molar-refractivity contribution in [1.29, 1.82) is 0 Å². The molecule has 76 valence electrons. The zero-order valence-electron chi connectivity index (χ0n) is 8.06. The monoisotopic (exact) mass is 194 g/mol. The third kappa shape index (κ3) is 2.68. The van der Waals surface area contributed by atoms with Crippen LogP contribution in [0, 0.1) is 0 Å². The molecule has 0 unspecified atom stereocenters. The van der Waals surface area contributed by atoms with Crippen molar-refractivity contribution in [2.75, 3.05) is 33.0 Å². The molecule has 4 nitrogen and oxygen atoms in total. The molecule has 1 aliphatic heterocycles. The minimum absolute atomic E-state index is 0.598. The van der Waals surface area contributed by atoms with Crippen molar-refractivity contribution in [2.24, 2.45) is 0 Å². The lowest BCUT2D eigenvalue weighted by Gasteiger charge is -2.25. The molecule has 1 aromatic rings. The highest BCUT2D eigenvalue weighted by atomic mass is 16.5. The quantitative estimate of drug-likeness (QED) is 0.711. The van der Waals surface area contributed by atoms with E-state index in [4.69, 9.17) is 9.47 Å². The Balaban J connectivity index is 1.76. The van der Waals surface area contributed by atoms with E-state index in [9.17, 15) is 0 Å². The Morgan fingerprint density at radius 1 is 1.36 bits per heavy atom. The lowest BCUT2D eigenvalue weighted by Crippen LogP contribution is -2.38. The number of hydrogen-bond acceptors (Lipinski definition) is 4. The fraction of sp³-hybridized carbons (Fsp3) is 0.500. The fourth-order valence-electron chi connectivity index (χ4n) is 1.32. The van der Waals surface area contributed by atoms with Gasteiger partial charge in [-0.2, -0.15) is 0 Å². The Morgan fingerprint density at radius 3 is 2.93 bits per heavy atom. The van der Waals surface area contributed by atoms with Crippen molar-refractivity contribution in [2.45, 2.75) is 0 Å². The first kappa shape index (κ1) is 9.43. The van der Waals surface area contributed by atoms with Gasteiger partial charge in [-0.25, -0.2) is 4.98 Å². The lowest BCUT2D eigenvalue weighted by molar-refractivity contribution is 0.00302. The summed E-state index contributed by atoms with van der Waals surface area (Å²) in [4.78, 5) is 6.29. The minimum Gasteiger partial charge on any atom is -0.461 e. The van der Waals surface area contributed by atoms with Crippen LogP contribution in [0.5, 0.6) is 5.88 Å². The standard InChI is InChI=1S/C10H14N2O2/c1-2-4-11-10(3-1)14-9-12-5-7-13-8-6-12/h1-4H,5-9H2. The smallest absolute Gasteiger partial charge is 0.214 e. The van der Waals surface area contributed by atoms with Crippen LogP contribution in [0.1, 0.15) is 0 Å². The van der Waals surface area contributed by atoms with Crippen molar-refractivity contribution < 1.29 is 9.47 Å². The highest BCUT2D eigenvalue weighted by Gasteiger charge is 2.10. The van der Waals surface area contributed by atoms with Crippen LogP contribution in [0.25, 0.3) is 0 Å². The first-order chi connectivity index (χ1) is 6.95. The fourth-order valence-corrected chi connectivity index (χ4v) is 1.32. The molecule has 0 aliphatic carbocycles. The van der Waals surface area contributed by atoms with Gasteiger partial charge in [0.2, 0.25) is 5.88 Å². The average molecular weight is 194 g/mol. The van der Waals surface area contributed by atoms with Crippen molar-refractivity contribution >= 4 is 0 Å². The molecular weight excluding hydrogens is 180 g/mol. The summed E-state index contributed by atoms with van der Waals surface area (Å²) in [6.07, 6.45) is 1.73. The van der Waals surface area contributed by atoms with E-state index in [1.165, 1.54) is 0 Å². The predicted molar refractivity (Wildman–Crippen MR) is 52.1 cm³/mol. The molecule has 1 aliphatic rings. The van der Waals surface area contributed by atoms with E-state index in [2.05, 4.69) is 9.88 Å². The van der Waals surface area contributed by atoms with Gasteiger partial charge in [0.25, 0.3) is 0 Å². The summed E-state index contributed by atoms with van der Waals surface area (Å²) in [5.74, 6) is 0.680. The molecule has 0 N–H and O–H groups in total. The van der Waals surface area contributed by atoms with Crippen molar-refractivity contribution in [3.05, 3.63) is 24.4 Å². The molecule has 2 rings (SSSR count). The van der Waals surface area contributed by atoms with Gasteiger partial charge in [-0.05, 0) is 6.07 Å². The second-order valence-corrected chi connectivity index (χ2v) is 3.17. The van der Waals surface area contributed by atoms with Crippen molar-refractivity contribution in [3.8, 4) is 5.88 Å². The van der Waals surface area contributed by atoms with E-state index in [1.807, 2.05) is 18.2 Å². The molecule has 0 aromatic carbocycles. The molecule has 0 amide bonds. The van der Waals surface area contributed by atoms with Crippen LogP contribution in [0.4, 0.5) is 0 Å². The highest BCUT2D eigenvalue weighted by Crippen LogP contribution is 2.04. The molecule has 0 saturated carbocycles. The van der Waals surface area contributed by atoms with Gasteiger partial charge in [0, 0.05) is 25.4 Å². The maximum Gasteiger partial charge on any atom is 0.214 e. The SMILES string of the molecule is c1ccc(OCN2CCOCC2)nc1. The molecule has 1 aromatic heterocycles. The summed E-state index contributed by atoms with van der Waals surface area (Å²) >= 11 is 0. The van der Waals surface area contributed by atoms with Crippen LogP contribution in [-0.4, -0.2) is 42.9 Å². The van der Waals surface area contributed by atoms with Crippen LogP contribution in [0.3, 0.4) is 0 Å².